The summed E-state index contributed by atoms with van der Waals surface area (Å²) in [6.45, 7) is 8.32. The highest BCUT2D eigenvalue weighted by Gasteiger charge is 2.15. The van der Waals surface area contributed by atoms with E-state index in [-0.39, 0.29) is 5.41 Å². The maximum Gasteiger partial charge on any atom is 0.252 e. The van der Waals surface area contributed by atoms with E-state index in [1.165, 1.54) is 0 Å². The average Bonchev–Trinajstić information content (AvgIpc) is 2.41. The van der Waals surface area contributed by atoms with Crippen LogP contribution >= 0.6 is 0 Å². The summed E-state index contributed by atoms with van der Waals surface area (Å²) in [7, 11) is 0. The van der Waals surface area contributed by atoms with E-state index in [9.17, 15) is 0 Å². The molecular weight excluding hydrogens is 176 g/mol. The molecule has 0 spiro atoms. The van der Waals surface area contributed by atoms with Crippen molar-refractivity contribution in [2.24, 2.45) is 0 Å². The lowest BCUT2D eigenvalue weighted by Crippen LogP contribution is -2.12. The van der Waals surface area contributed by atoms with Gasteiger partial charge in [-0.25, -0.2) is 9.50 Å². The van der Waals surface area contributed by atoms with Gasteiger partial charge in [-0.3, -0.25) is 0 Å². The van der Waals surface area contributed by atoms with Crippen LogP contribution < -0.4 is 0 Å². The van der Waals surface area contributed by atoms with Crippen molar-refractivity contribution >= 4 is 5.78 Å². The second-order valence-corrected chi connectivity index (χ2v) is 4.50. The molecule has 0 fully saturated rings. The van der Waals surface area contributed by atoms with Gasteiger partial charge in [0.2, 0.25) is 0 Å². The number of hydrogen-bond donors (Lipinski definition) is 0. The fourth-order valence-electron chi connectivity index (χ4n) is 1.27. The highest BCUT2D eigenvalue weighted by molar-refractivity contribution is 5.29. The minimum Gasteiger partial charge on any atom is -0.219 e. The van der Waals surface area contributed by atoms with Crippen molar-refractivity contribution in [1.82, 2.24) is 19.6 Å². The third-order valence-corrected chi connectivity index (χ3v) is 2.17. The zero-order valence-electron chi connectivity index (χ0n) is 8.94. The maximum atomic E-state index is 4.26. The van der Waals surface area contributed by atoms with Gasteiger partial charge in [0.25, 0.3) is 5.78 Å². The summed E-state index contributed by atoms with van der Waals surface area (Å²) in [5, 5.41) is 4.23. The molecule has 0 aliphatic heterocycles. The minimum absolute atomic E-state index is 0.0983. The van der Waals surface area contributed by atoms with E-state index < -0.39 is 0 Å². The molecule has 2 aromatic heterocycles. The number of aromatic nitrogens is 4. The van der Waals surface area contributed by atoms with Crippen LogP contribution in [0.2, 0.25) is 0 Å². The molecule has 4 heteroatoms. The van der Waals surface area contributed by atoms with Crippen molar-refractivity contribution in [2.75, 3.05) is 0 Å². The molecule has 0 amide bonds. The standard InChI is InChI=1S/C10H14N4/c1-7-12-9-11-5-8(10(2,3)4)6-14(9)13-7/h5-6H,1-4H3. The SMILES string of the molecule is Cc1nc2ncc(C(C)(C)C)cn2n1. The normalized spacial score (nSPS) is 12.3. The molecule has 2 aromatic rings. The average molecular weight is 190 g/mol. The monoisotopic (exact) mass is 190 g/mol. The summed E-state index contributed by atoms with van der Waals surface area (Å²) in [4.78, 5) is 8.43. The van der Waals surface area contributed by atoms with Crippen molar-refractivity contribution in [2.45, 2.75) is 33.1 Å². The van der Waals surface area contributed by atoms with Crippen LogP contribution in [0.1, 0.15) is 32.2 Å². The number of hydrogen-bond acceptors (Lipinski definition) is 3. The van der Waals surface area contributed by atoms with Crippen molar-refractivity contribution < 1.29 is 0 Å². The second-order valence-electron chi connectivity index (χ2n) is 4.50. The number of fused-ring (bicyclic) bond motifs is 1. The molecule has 2 heterocycles. The molecule has 2 rings (SSSR count). The van der Waals surface area contributed by atoms with Crippen molar-refractivity contribution in [3.63, 3.8) is 0 Å². The molecule has 4 nitrogen and oxygen atoms in total. The Kier molecular flexibility index (Phi) is 1.80. The molecule has 0 aromatic carbocycles. The van der Waals surface area contributed by atoms with Crippen LogP contribution in [0, 0.1) is 6.92 Å². The van der Waals surface area contributed by atoms with Gasteiger partial charge < -0.3 is 0 Å². The van der Waals surface area contributed by atoms with Crippen LogP contribution in [0.3, 0.4) is 0 Å². The number of rotatable bonds is 0. The van der Waals surface area contributed by atoms with Crippen LogP contribution in [-0.2, 0) is 5.41 Å². The third kappa shape index (κ3) is 1.47. The third-order valence-electron chi connectivity index (χ3n) is 2.17. The summed E-state index contributed by atoms with van der Waals surface area (Å²) in [6.07, 6.45) is 3.85. The van der Waals surface area contributed by atoms with E-state index in [1.807, 2.05) is 19.3 Å². The Morgan fingerprint density at radius 2 is 2.00 bits per heavy atom. The van der Waals surface area contributed by atoms with Crippen LogP contribution in [0.4, 0.5) is 0 Å². The van der Waals surface area contributed by atoms with Gasteiger partial charge in [-0.05, 0) is 17.9 Å². The molecule has 0 saturated carbocycles. The summed E-state index contributed by atoms with van der Waals surface area (Å²) in [5.41, 5.74) is 1.26. The maximum absolute atomic E-state index is 4.26. The van der Waals surface area contributed by atoms with Crippen LogP contribution in [0.25, 0.3) is 5.78 Å². The smallest absolute Gasteiger partial charge is 0.219 e. The lowest BCUT2D eigenvalue weighted by atomic mass is 9.89. The molecule has 74 valence electrons. The number of aryl methyl sites for hydroxylation is 1. The van der Waals surface area contributed by atoms with E-state index in [0.717, 1.165) is 11.4 Å². The summed E-state index contributed by atoms with van der Waals surface area (Å²) >= 11 is 0. The lowest BCUT2D eigenvalue weighted by Gasteiger charge is -2.17. The summed E-state index contributed by atoms with van der Waals surface area (Å²) in [6, 6.07) is 0. The molecule has 0 aliphatic carbocycles. The first-order chi connectivity index (χ1) is 6.47. The van der Waals surface area contributed by atoms with Gasteiger partial charge in [-0.15, -0.1) is 0 Å². The van der Waals surface area contributed by atoms with Crippen LogP contribution in [0.15, 0.2) is 12.4 Å². The lowest BCUT2D eigenvalue weighted by molar-refractivity contribution is 0.581. The van der Waals surface area contributed by atoms with Crippen molar-refractivity contribution in [3.05, 3.63) is 23.8 Å². The van der Waals surface area contributed by atoms with Gasteiger partial charge in [0, 0.05) is 12.4 Å². The predicted molar refractivity (Wildman–Crippen MR) is 54.2 cm³/mol. The van der Waals surface area contributed by atoms with E-state index in [2.05, 4.69) is 35.8 Å². The van der Waals surface area contributed by atoms with Gasteiger partial charge in [-0.2, -0.15) is 10.1 Å². The molecule has 0 N–H and O–H groups in total. The Balaban J connectivity index is 2.62. The van der Waals surface area contributed by atoms with Gasteiger partial charge in [0.05, 0.1) is 0 Å². The zero-order chi connectivity index (χ0) is 10.3. The molecule has 0 saturated heterocycles. The first-order valence-electron chi connectivity index (χ1n) is 4.66. The van der Waals surface area contributed by atoms with Crippen LogP contribution in [0.5, 0.6) is 0 Å². The van der Waals surface area contributed by atoms with Gasteiger partial charge in [-0.1, -0.05) is 20.8 Å². The van der Waals surface area contributed by atoms with E-state index in [4.69, 9.17) is 0 Å². The molecule has 0 unspecified atom stereocenters. The highest BCUT2D eigenvalue weighted by Crippen LogP contribution is 2.20. The minimum atomic E-state index is 0.0983. The van der Waals surface area contributed by atoms with Gasteiger partial charge in [0.1, 0.15) is 5.82 Å². The largest absolute Gasteiger partial charge is 0.252 e. The topological polar surface area (TPSA) is 43.1 Å². The Hall–Kier alpha value is -1.45. The fourth-order valence-corrected chi connectivity index (χ4v) is 1.27. The first kappa shape index (κ1) is 9.12. The highest BCUT2D eigenvalue weighted by atomic mass is 15.3. The number of nitrogens with zero attached hydrogens (tertiary/aromatic N) is 4. The molecule has 0 aliphatic rings. The molecule has 14 heavy (non-hydrogen) atoms. The van der Waals surface area contributed by atoms with E-state index in [1.54, 1.807) is 4.52 Å². The molecular formula is C10H14N4. The van der Waals surface area contributed by atoms with Crippen LogP contribution in [-0.4, -0.2) is 19.6 Å². The van der Waals surface area contributed by atoms with E-state index in [0.29, 0.717) is 5.78 Å². The van der Waals surface area contributed by atoms with E-state index >= 15 is 0 Å². The molecule has 0 radical (unpaired) electrons. The van der Waals surface area contributed by atoms with Gasteiger partial charge in [0.15, 0.2) is 0 Å². The summed E-state index contributed by atoms with van der Waals surface area (Å²) in [5.74, 6) is 1.42. The van der Waals surface area contributed by atoms with Crippen molar-refractivity contribution in [3.8, 4) is 0 Å². The molecule has 0 atom stereocenters. The van der Waals surface area contributed by atoms with Gasteiger partial charge >= 0.3 is 0 Å². The predicted octanol–water partition coefficient (Wildman–Crippen LogP) is 1.73. The Labute approximate surface area is 83.0 Å². The zero-order valence-corrected chi connectivity index (χ0v) is 8.94. The second kappa shape index (κ2) is 2.77. The Morgan fingerprint density at radius 3 is 2.64 bits per heavy atom. The first-order valence-corrected chi connectivity index (χ1v) is 4.66. The van der Waals surface area contributed by atoms with Crippen molar-refractivity contribution in [1.29, 1.82) is 0 Å². The summed E-state index contributed by atoms with van der Waals surface area (Å²) < 4.78 is 1.73. The quantitative estimate of drug-likeness (QED) is 0.635. The Morgan fingerprint density at radius 1 is 1.29 bits per heavy atom. The molecule has 0 bridgehead atoms. The Bertz CT molecular complexity index is 464. The fraction of sp³-hybridized carbons (Fsp3) is 0.500.